The number of rotatable bonds is 4. The largest absolute Gasteiger partial charge is 0.508 e. The molecule has 3 heterocycles. The van der Waals surface area contributed by atoms with Crippen molar-refractivity contribution in [1.29, 1.82) is 0 Å². The van der Waals surface area contributed by atoms with Gasteiger partial charge in [0.15, 0.2) is 5.82 Å². The molecular weight excluding hydrogens is 404 g/mol. The molecule has 32 heavy (non-hydrogen) atoms. The van der Waals surface area contributed by atoms with Gasteiger partial charge < -0.3 is 15.7 Å². The second kappa shape index (κ2) is 7.99. The van der Waals surface area contributed by atoms with E-state index < -0.39 is 6.04 Å². The minimum Gasteiger partial charge on any atom is -0.508 e. The van der Waals surface area contributed by atoms with E-state index in [2.05, 4.69) is 25.7 Å². The van der Waals surface area contributed by atoms with Crippen molar-refractivity contribution < 1.29 is 9.90 Å². The van der Waals surface area contributed by atoms with Gasteiger partial charge >= 0.3 is 0 Å². The third kappa shape index (κ3) is 3.58. The van der Waals surface area contributed by atoms with Crippen molar-refractivity contribution in [2.24, 2.45) is 0 Å². The average Bonchev–Trinajstić information content (AvgIpc) is 3.23. The minimum atomic E-state index is -0.574. The third-order valence-electron chi connectivity index (χ3n) is 5.20. The Bertz CT molecular complexity index is 1310. The van der Waals surface area contributed by atoms with Gasteiger partial charge in [0.25, 0.3) is 5.91 Å². The van der Waals surface area contributed by atoms with E-state index in [-0.39, 0.29) is 11.7 Å². The van der Waals surface area contributed by atoms with Gasteiger partial charge in [-0.1, -0.05) is 36.4 Å². The van der Waals surface area contributed by atoms with Crippen molar-refractivity contribution in [3.63, 3.8) is 0 Å². The average molecular weight is 424 g/mol. The van der Waals surface area contributed by atoms with Crippen LogP contribution >= 0.6 is 0 Å². The number of nitrogens with one attached hydrogen (secondary N) is 2. The highest BCUT2D eigenvalue weighted by atomic mass is 16.3. The third-order valence-corrected chi connectivity index (χ3v) is 5.20. The van der Waals surface area contributed by atoms with Gasteiger partial charge in [-0.25, -0.2) is 4.68 Å². The van der Waals surface area contributed by atoms with Crippen LogP contribution in [-0.2, 0) is 4.79 Å². The summed E-state index contributed by atoms with van der Waals surface area (Å²) in [7, 11) is 0. The fraction of sp³-hybridized carbons (Fsp3) is 0.0833. The second-order valence-electron chi connectivity index (χ2n) is 7.39. The molecule has 0 aliphatic carbocycles. The topological polar surface area (TPSA) is 105 Å². The van der Waals surface area contributed by atoms with Gasteiger partial charge in [-0.3, -0.25) is 9.78 Å². The molecule has 8 nitrogen and oxygen atoms in total. The molecule has 8 heteroatoms. The number of aromatic hydroxyl groups is 1. The molecule has 2 aromatic carbocycles. The monoisotopic (exact) mass is 424 g/mol. The Morgan fingerprint density at radius 1 is 1.06 bits per heavy atom. The maximum absolute atomic E-state index is 13.4. The number of phenolic OH excluding ortho intramolecular Hbond substituents is 1. The highest BCUT2D eigenvalue weighted by Gasteiger charge is 2.35. The van der Waals surface area contributed by atoms with E-state index in [1.54, 1.807) is 29.1 Å². The number of para-hydroxylation sites is 1. The van der Waals surface area contributed by atoms with Gasteiger partial charge in [-0.15, -0.1) is 5.10 Å². The summed E-state index contributed by atoms with van der Waals surface area (Å²) in [6.45, 7) is 1.84. The Kier molecular flexibility index (Phi) is 4.87. The van der Waals surface area contributed by atoms with Crippen molar-refractivity contribution in [3.05, 3.63) is 96.0 Å². The standard InChI is InChI=1S/C24H20N6O2/c1-15-20(23(32)27-17-9-3-2-4-10-17)21(19-12-5-6-13-25-19)30-24(26-15)28-22(29-30)16-8-7-11-18(31)14-16/h2-14,21,31H,1H3,(H,27,32)(H,26,28,29). The zero-order valence-electron chi connectivity index (χ0n) is 17.2. The van der Waals surface area contributed by atoms with E-state index in [1.165, 1.54) is 0 Å². The number of hydrogen-bond donors (Lipinski definition) is 3. The number of amides is 1. The predicted octanol–water partition coefficient (Wildman–Crippen LogP) is 3.97. The van der Waals surface area contributed by atoms with Crippen molar-refractivity contribution in [3.8, 4) is 17.1 Å². The van der Waals surface area contributed by atoms with Gasteiger partial charge in [0.2, 0.25) is 5.95 Å². The maximum Gasteiger partial charge on any atom is 0.255 e. The van der Waals surface area contributed by atoms with E-state index in [1.807, 2.05) is 61.5 Å². The zero-order chi connectivity index (χ0) is 22.1. The lowest BCUT2D eigenvalue weighted by Gasteiger charge is -2.28. The second-order valence-corrected chi connectivity index (χ2v) is 7.39. The van der Waals surface area contributed by atoms with Crippen LogP contribution in [0.25, 0.3) is 11.4 Å². The zero-order valence-corrected chi connectivity index (χ0v) is 17.2. The number of allylic oxidation sites excluding steroid dienone is 1. The SMILES string of the molecule is CC1=C(C(=O)Nc2ccccc2)C(c2ccccn2)n2nc(-c3cccc(O)c3)nc2N1. The minimum absolute atomic E-state index is 0.127. The fourth-order valence-corrected chi connectivity index (χ4v) is 3.74. The Morgan fingerprint density at radius 2 is 1.88 bits per heavy atom. The molecule has 158 valence electrons. The predicted molar refractivity (Wildman–Crippen MR) is 121 cm³/mol. The number of anilines is 2. The molecule has 0 bridgehead atoms. The lowest BCUT2D eigenvalue weighted by Crippen LogP contribution is -2.32. The number of carbonyl (C=O) groups excluding carboxylic acids is 1. The highest BCUT2D eigenvalue weighted by molar-refractivity contribution is 6.05. The number of benzene rings is 2. The molecule has 0 fully saturated rings. The van der Waals surface area contributed by atoms with Crippen LogP contribution in [-0.4, -0.2) is 30.8 Å². The number of fused-ring (bicyclic) bond motifs is 1. The Balaban J connectivity index is 1.60. The summed E-state index contributed by atoms with van der Waals surface area (Å²) >= 11 is 0. The lowest BCUT2D eigenvalue weighted by atomic mass is 9.98. The normalized spacial score (nSPS) is 15.1. The molecule has 5 rings (SSSR count). The summed E-state index contributed by atoms with van der Waals surface area (Å²) in [5, 5.41) is 20.7. The molecule has 1 unspecified atom stereocenters. The first-order valence-electron chi connectivity index (χ1n) is 10.1. The lowest BCUT2D eigenvalue weighted by molar-refractivity contribution is -0.113. The van der Waals surface area contributed by atoms with Gasteiger partial charge in [0, 0.05) is 23.1 Å². The number of carbonyl (C=O) groups is 1. The number of hydrogen-bond acceptors (Lipinski definition) is 6. The van der Waals surface area contributed by atoms with Gasteiger partial charge in [0.1, 0.15) is 11.8 Å². The Morgan fingerprint density at radius 3 is 2.62 bits per heavy atom. The van der Waals surface area contributed by atoms with Crippen molar-refractivity contribution >= 4 is 17.5 Å². The number of nitrogens with zero attached hydrogens (tertiary/aromatic N) is 4. The summed E-state index contributed by atoms with van der Waals surface area (Å²) in [6, 6.07) is 21.0. The van der Waals surface area contributed by atoms with Gasteiger partial charge in [-0.2, -0.15) is 4.98 Å². The van der Waals surface area contributed by atoms with E-state index in [0.717, 1.165) is 0 Å². The molecule has 1 aliphatic rings. The molecule has 4 aromatic rings. The fourth-order valence-electron chi connectivity index (χ4n) is 3.74. The van der Waals surface area contributed by atoms with Crippen LogP contribution in [0.4, 0.5) is 11.6 Å². The van der Waals surface area contributed by atoms with Crippen molar-refractivity contribution in [2.45, 2.75) is 13.0 Å². The van der Waals surface area contributed by atoms with Crippen LogP contribution in [0.2, 0.25) is 0 Å². The first-order valence-corrected chi connectivity index (χ1v) is 10.1. The molecule has 1 aliphatic heterocycles. The molecule has 1 amide bonds. The van der Waals surface area contributed by atoms with Gasteiger partial charge in [-0.05, 0) is 43.3 Å². The summed E-state index contributed by atoms with van der Waals surface area (Å²) in [5.74, 6) is 0.799. The van der Waals surface area contributed by atoms with Crippen LogP contribution in [0, 0.1) is 0 Å². The Hall–Kier alpha value is -4.46. The highest BCUT2D eigenvalue weighted by Crippen LogP contribution is 2.36. The number of phenols is 1. The smallest absolute Gasteiger partial charge is 0.255 e. The number of aromatic nitrogens is 4. The quantitative estimate of drug-likeness (QED) is 0.458. The molecule has 0 radical (unpaired) electrons. The summed E-state index contributed by atoms with van der Waals surface area (Å²) in [6.07, 6.45) is 1.69. The van der Waals surface area contributed by atoms with Crippen LogP contribution in [0.1, 0.15) is 18.7 Å². The summed E-state index contributed by atoms with van der Waals surface area (Å²) in [5.41, 5.74) is 3.19. The van der Waals surface area contributed by atoms with Crippen LogP contribution in [0.3, 0.4) is 0 Å². The first kappa shape index (κ1) is 19.5. The molecule has 0 saturated heterocycles. The van der Waals surface area contributed by atoms with E-state index >= 15 is 0 Å². The Labute approximate surface area is 184 Å². The molecule has 2 aromatic heterocycles. The molecule has 3 N–H and O–H groups in total. The molecule has 1 atom stereocenters. The molecule has 0 spiro atoms. The van der Waals surface area contributed by atoms with E-state index in [9.17, 15) is 9.90 Å². The van der Waals surface area contributed by atoms with Gasteiger partial charge in [0.05, 0.1) is 11.3 Å². The number of pyridine rings is 1. The maximum atomic E-state index is 13.4. The molecule has 0 saturated carbocycles. The van der Waals surface area contributed by atoms with Crippen molar-refractivity contribution in [1.82, 2.24) is 19.7 Å². The summed E-state index contributed by atoms with van der Waals surface area (Å²) in [4.78, 5) is 22.5. The molecular formula is C24H20N6O2. The van der Waals surface area contributed by atoms with E-state index in [0.29, 0.717) is 40.0 Å². The van der Waals surface area contributed by atoms with E-state index in [4.69, 9.17) is 0 Å². The summed E-state index contributed by atoms with van der Waals surface area (Å²) < 4.78 is 1.66. The van der Waals surface area contributed by atoms with Crippen molar-refractivity contribution in [2.75, 3.05) is 10.6 Å². The van der Waals surface area contributed by atoms with Crippen LogP contribution in [0.15, 0.2) is 90.3 Å². The first-order chi connectivity index (χ1) is 15.6. The van der Waals surface area contributed by atoms with Crippen LogP contribution < -0.4 is 10.6 Å². The van der Waals surface area contributed by atoms with Crippen LogP contribution in [0.5, 0.6) is 5.75 Å².